The highest BCUT2D eigenvalue weighted by Crippen LogP contribution is 2.20. The Labute approximate surface area is 113 Å². The van der Waals surface area contributed by atoms with Crippen molar-refractivity contribution in [1.82, 2.24) is 14.9 Å². The van der Waals surface area contributed by atoms with Gasteiger partial charge >= 0.3 is 11.7 Å². The molecule has 8 heteroatoms. The van der Waals surface area contributed by atoms with Gasteiger partial charge in [0.1, 0.15) is 0 Å². The first-order valence-electron chi connectivity index (χ1n) is 6.36. The summed E-state index contributed by atoms with van der Waals surface area (Å²) in [4.78, 5) is 35.9. The second kappa shape index (κ2) is 6.00. The predicted octanol–water partition coefficient (Wildman–Crippen LogP) is 0.191. The van der Waals surface area contributed by atoms with Gasteiger partial charge in [0.25, 0.3) is 5.56 Å². The van der Waals surface area contributed by atoms with Gasteiger partial charge in [0.2, 0.25) is 5.82 Å². The van der Waals surface area contributed by atoms with E-state index in [1.165, 1.54) is 0 Å². The van der Waals surface area contributed by atoms with E-state index in [0.717, 1.165) is 25.7 Å². The third kappa shape index (κ3) is 3.13. The van der Waals surface area contributed by atoms with E-state index in [9.17, 15) is 18.8 Å². The Morgan fingerprint density at radius 1 is 1.40 bits per heavy atom. The first kappa shape index (κ1) is 14.4. The van der Waals surface area contributed by atoms with Crippen LogP contribution in [0.1, 0.15) is 25.7 Å². The molecule has 110 valence electrons. The maximum Gasteiger partial charge on any atom is 0.336 e. The van der Waals surface area contributed by atoms with Gasteiger partial charge in [0, 0.05) is 13.2 Å². The number of amides is 1. The zero-order valence-electron chi connectivity index (χ0n) is 11.0. The maximum absolute atomic E-state index is 13.1. The van der Waals surface area contributed by atoms with Crippen LogP contribution in [0.15, 0.2) is 15.8 Å². The Kier molecular flexibility index (Phi) is 4.33. The summed E-state index contributed by atoms with van der Waals surface area (Å²) in [6, 6.07) is -0.832. The molecule has 7 nitrogen and oxygen atoms in total. The molecule has 0 aliphatic heterocycles. The molecule has 0 bridgehead atoms. The smallest absolute Gasteiger partial charge is 0.336 e. The van der Waals surface area contributed by atoms with E-state index in [0.29, 0.717) is 10.8 Å². The van der Waals surface area contributed by atoms with Crippen LogP contribution in [0.4, 0.5) is 9.18 Å². The molecule has 2 rings (SSSR count). The molecule has 1 saturated carbocycles. The van der Waals surface area contributed by atoms with Crippen molar-refractivity contribution in [3.8, 4) is 0 Å². The number of carbonyl (C=O) groups is 1. The Balaban J connectivity index is 2.04. The van der Waals surface area contributed by atoms with Crippen LogP contribution in [0.25, 0.3) is 0 Å². The highest BCUT2D eigenvalue weighted by molar-refractivity contribution is 5.76. The van der Waals surface area contributed by atoms with Crippen LogP contribution >= 0.6 is 0 Å². The number of H-pyrrole nitrogens is 1. The molecule has 0 radical (unpaired) electrons. The fourth-order valence-electron chi connectivity index (χ4n) is 2.29. The van der Waals surface area contributed by atoms with E-state index in [-0.39, 0.29) is 12.1 Å². The van der Waals surface area contributed by atoms with Crippen LogP contribution in [-0.4, -0.2) is 34.8 Å². The Hall–Kier alpha value is -1.96. The number of aromatic amines is 1. The lowest BCUT2D eigenvalue weighted by Crippen LogP contribution is -2.46. The van der Waals surface area contributed by atoms with Crippen LogP contribution in [0.5, 0.6) is 0 Å². The molecule has 1 aliphatic rings. The zero-order chi connectivity index (χ0) is 14.7. The average Bonchev–Trinajstić information content (AvgIpc) is 2.43. The van der Waals surface area contributed by atoms with Gasteiger partial charge in [-0.15, -0.1) is 0 Å². The summed E-state index contributed by atoms with van der Waals surface area (Å²) >= 11 is 0. The van der Waals surface area contributed by atoms with Crippen LogP contribution in [0.3, 0.4) is 0 Å². The molecule has 2 N–H and O–H groups in total. The summed E-state index contributed by atoms with van der Waals surface area (Å²) in [6.45, 7) is 0. The van der Waals surface area contributed by atoms with Crippen molar-refractivity contribution < 1.29 is 13.9 Å². The lowest BCUT2D eigenvalue weighted by molar-refractivity contribution is 0.0635. The second-order valence-electron chi connectivity index (χ2n) is 4.77. The zero-order valence-corrected chi connectivity index (χ0v) is 11.0. The first-order chi connectivity index (χ1) is 9.51. The number of halogens is 1. The molecule has 1 aliphatic carbocycles. The Morgan fingerprint density at radius 2 is 2.05 bits per heavy atom. The third-order valence-electron chi connectivity index (χ3n) is 3.45. The number of ether oxygens (including phenoxy) is 1. The van der Waals surface area contributed by atoms with Gasteiger partial charge in [0.05, 0.1) is 12.3 Å². The molecule has 0 aromatic carbocycles. The normalized spacial score (nSPS) is 22.5. The van der Waals surface area contributed by atoms with Gasteiger partial charge in [0.15, 0.2) is 0 Å². The van der Waals surface area contributed by atoms with E-state index in [1.54, 1.807) is 12.1 Å². The standard InChI is InChI=1S/C12H16FN3O4/c1-20-8-4-2-7(3-5-8)14-11(18)16-6-9(13)10(17)15-12(16)19/h6-8H,2-5H2,1H3,(H,14,18)(H,15,17,19). The van der Waals surface area contributed by atoms with Crippen molar-refractivity contribution in [1.29, 1.82) is 0 Å². The summed E-state index contributed by atoms with van der Waals surface area (Å²) < 4.78 is 18.8. The molecular formula is C12H16FN3O4. The molecule has 20 heavy (non-hydrogen) atoms. The van der Waals surface area contributed by atoms with E-state index >= 15 is 0 Å². The first-order valence-corrected chi connectivity index (χ1v) is 6.36. The number of hydrogen-bond donors (Lipinski definition) is 2. The Morgan fingerprint density at radius 3 is 2.65 bits per heavy atom. The molecule has 1 heterocycles. The minimum atomic E-state index is -1.18. The number of nitrogens with zero attached hydrogens (tertiary/aromatic N) is 1. The molecule has 1 aromatic heterocycles. The van der Waals surface area contributed by atoms with Crippen molar-refractivity contribution in [2.45, 2.75) is 37.8 Å². The summed E-state index contributed by atoms with van der Waals surface area (Å²) in [6.07, 6.45) is 3.87. The third-order valence-corrected chi connectivity index (χ3v) is 3.45. The fraction of sp³-hybridized carbons (Fsp3) is 0.583. The number of rotatable bonds is 2. The van der Waals surface area contributed by atoms with Crippen LogP contribution < -0.4 is 16.6 Å². The largest absolute Gasteiger partial charge is 0.381 e. The Bertz CT molecular complexity index is 601. The van der Waals surface area contributed by atoms with Gasteiger partial charge in [-0.2, -0.15) is 4.39 Å². The lowest BCUT2D eigenvalue weighted by atomic mass is 9.93. The van der Waals surface area contributed by atoms with Gasteiger partial charge in [-0.05, 0) is 25.7 Å². The maximum atomic E-state index is 13.1. The summed E-state index contributed by atoms with van der Waals surface area (Å²) in [5, 5.41) is 2.65. The summed E-state index contributed by atoms with van der Waals surface area (Å²) in [5.41, 5.74) is -2.10. The second-order valence-corrected chi connectivity index (χ2v) is 4.77. The van der Waals surface area contributed by atoms with Gasteiger partial charge in [-0.3, -0.25) is 9.78 Å². The monoisotopic (exact) mass is 285 g/mol. The van der Waals surface area contributed by atoms with Crippen LogP contribution in [0.2, 0.25) is 0 Å². The number of aromatic nitrogens is 2. The molecule has 0 spiro atoms. The summed E-state index contributed by atoms with van der Waals surface area (Å²) in [5.74, 6) is -1.18. The van der Waals surface area contributed by atoms with Crippen molar-refractivity contribution in [3.05, 3.63) is 32.9 Å². The van der Waals surface area contributed by atoms with Crippen molar-refractivity contribution in [2.24, 2.45) is 0 Å². The number of nitrogens with one attached hydrogen (secondary N) is 2. The minimum Gasteiger partial charge on any atom is -0.381 e. The molecule has 1 fully saturated rings. The van der Waals surface area contributed by atoms with Crippen molar-refractivity contribution in [3.63, 3.8) is 0 Å². The molecule has 1 aromatic rings. The molecule has 1 amide bonds. The topological polar surface area (TPSA) is 93.2 Å². The van der Waals surface area contributed by atoms with Gasteiger partial charge in [-0.25, -0.2) is 14.2 Å². The quantitative estimate of drug-likeness (QED) is 0.811. The minimum absolute atomic E-state index is 0.0872. The predicted molar refractivity (Wildman–Crippen MR) is 68.3 cm³/mol. The van der Waals surface area contributed by atoms with E-state index in [2.05, 4.69) is 5.32 Å². The highest BCUT2D eigenvalue weighted by Gasteiger charge is 2.23. The highest BCUT2D eigenvalue weighted by atomic mass is 19.1. The SMILES string of the molecule is COC1CCC(NC(=O)n2cc(F)c(=O)[nH]c2=O)CC1. The molecule has 0 unspecified atom stereocenters. The number of carbonyl (C=O) groups excluding carboxylic acids is 1. The number of hydrogen-bond acceptors (Lipinski definition) is 4. The summed E-state index contributed by atoms with van der Waals surface area (Å²) in [7, 11) is 1.65. The van der Waals surface area contributed by atoms with Crippen molar-refractivity contribution >= 4 is 6.03 Å². The van der Waals surface area contributed by atoms with Crippen LogP contribution in [0, 0.1) is 5.82 Å². The van der Waals surface area contributed by atoms with E-state index in [4.69, 9.17) is 4.74 Å². The fourth-order valence-corrected chi connectivity index (χ4v) is 2.29. The van der Waals surface area contributed by atoms with E-state index < -0.39 is 23.1 Å². The van der Waals surface area contributed by atoms with Gasteiger partial charge < -0.3 is 10.1 Å². The lowest BCUT2D eigenvalue weighted by Gasteiger charge is -2.28. The van der Waals surface area contributed by atoms with Crippen LogP contribution in [-0.2, 0) is 4.74 Å². The van der Waals surface area contributed by atoms with Crippen molar-refractivity contribution in [2.75, 3.05) is 7.11 Å². The molecule has 0 atom stereocenters. The molecular weight excluding hydrogens is 269 g/mol. The molecule has 0 saturated heterocycles. The average molecular weight is 285 g/mol. The van der Waals surface area contributed by atoms with E-state index in [1.807, 2.05) is 0 Å². The number of methoxy groups -OCH3 is 1. The van der Waals surface area contributed by atoms with Gasteiger partial charge in [-0.1, -0.05) is 0 Å².